The summed E-state index contributed by atoms with van der Waals surface area (Å²) in [7, 11) is 0. The Hall–Kier alpha value is -0.600. The Labute approximate surface area is 79.2 Å². The fraction of sp³-hybridized carbons (Fsp3) is 1.00. The number of hydrogen-bond acceptors (Lipinski definition) is 1. The molecular formula is C6H7F8N. The van der Waals surface area contributed by atoms with Gasteiger partial charge in [0.25, 0.3) is 0 Å². The van der Waals surface area contributed by atoms with Gasteiger partial charge in [0.1, 0.15) is 0 Å². The van der Waals surface area contributed by atoms with E-state index in [9.17, 15) is 35.1 Å². The molecule has 2 N–H and O–H groups in total. The Bertz CT molecular complexity index is 210. The summed E-state index contributed by atoms with van der Waals surface area (Å²) in [5.74, 6) is -11.8. The molecule has 0 fully saturated rings. The van der Waals surface area contributed by atoms with E-state index in [0.717, 1.165) is 0 Å². The summed E-state index contributed by atoms with van der Waals surface area (Å²) in [6.07, 6.45) is -7.71. The van der Waals surface area contributed by atoms with Crippen LogP contribution in [0.15, 0.2) is 0 Å². The average molecular weight is 245 g/mol. The predicted molar refractivity (Wildman–Crippen MR) is 34.5 cm³/mol. The van der Waals surface area contributed by atoms with Gasteiger partial charge in [-0.15, -0.1) is 0 Å². The molecule has 0 spiro atoms. The Morgan fingerprint density at radius 3 is 1.60 bits per heavy atom. The molecule has 92 valence electrons. The van der Waals surface area contributed by atoms with Crippen LogP contribution in [0.1, 0.15) is 6.42 Å². The molecule has 0 aliphatic heterocycles. The SMILES string of the molecule is N[C@H](CCF)C(F)(F)C(F)(F)C(F)(F)F. The van der Waals surface area contributed by atoms with Gasteiger partial charge in [-0.05, 0) is 6.42 Å². The Morgan fingerprint density at radius 2 is 1.33 bits per heavy atom. The maximum Gasteiger partial charge on any atom is 0.459 e. The van der Waals surface area contributed by atoms with E-state index in [1.807, 2.05) is 0 Å². The molecule has 0 unspecified atom stereocenters. The number of rotatable bonds is 4. The first kappa shape index (κ1) is 14.4. The van der Waals surface area contributed by atoms with Crippen molar-refractivity contribution in [3.8, 4) is 0 Å². The van der Waals surface area contributed by atoms with Crippen LogP contribution in [0.5, 0.6) is 0 Å². The minimum Gasteiger partial charge on any atom is -0.322 e. The van der Waals surface area contributed by atoms with Crippen LogP contribution in [-0.2, 0) is 0 Å². The third-order valence-electron chi connectivity index (χ3n) is 1.66. The molecule has 0 amide bonds. The molecule has 15 heavy (non-hydrogen) atoms. The van der Waals surface area contributed by atoms with Gasteiger partial charge in [0, 0.05) is 0 Å². The summed E-state index contributed by atoms with van der Waals surface area (Å²) in [6, 6.07) is -2.89. The van der Waals surface area contributed by atoms with Crippen molar-refractivity contribution in [1.82, 2.24) is 0 Å². The van der Waals surface area contributed by atoms with Crippen LogP contribution >= 0.6 is 0 Å². The average Bonchev–Trinajstić information content (AvgIpc) is 2.02. The standard InChI is InChI=1S/C6H7F8N/c7-2-1-3(15)4(8,9)5(10,11)6(12,13)14/h3H,1-2,15H2/t3-/m1/s1. The van der Waals surface area contributed by atoms with E-state index in [1.165, 1.54) is 0 Å². The van der Waals surface area contributed by atoms with Gasteiger partial charge in [-0.2, -0.15) is 30.7 Å². The van der Waals surface area contributed by atoms with Gasteiger partial charge in [-0.25, -0.2) is 0 Å². The summed E-state index contributed by atoms with van der Waals surface area (Å²) in [6.45, 7) is -1.51. The monoisotopic (exact) mass is 245 g/mol. The Balaban J connectivity index is 5.00. The van der Waals surface area contributed by atoms with Gasteiger partial charge < -0.3 is 5.73 Å². The molecular weight excluding hydrogens is 238 g/mol. The highest BCUT2D eigenvalue weighted by atomic mass is 19.4. The zero-order valence-corrected chi connectivity index (χ0v) is 7.09. The third-order valence-corrected chi connectivity index (χ3v) is 1.66. The molecule has 0 saturated heterocycles. The lowest BCUT2D eigenvalue weighted by Crippen LogP contribution is -2.60. The number of halogens is 8. The molecule has 0 aromatic rings. The van der Waals surface area contributed by atoms with Crippen molar-refractivity contribution in [3.05, 3.63) is 0 Å². The fourth-order valence-electron chi connectivity index (χ4n) is 0.721. The van der Waals surface area contributed by atoms with Crippen molar-refractivity contribution < 1.29 is 35.1 Å². The van der Waals surface area contributed by atoms with E-state index in [4.69, 9.17) is 0 Å². The molecule has 0 aromatic carbocycles. The number of nitrogens with two attached hydrogens (primary N) is 1. The van der Waals surface area contributed by atoms with Crippen molar-refractivity contribution in [3.63, 3.8) is 0 Å². The highest BCUT2D eigenvalue weighted by Crippen LogP contribution is 2.47. The molecule has 0 radical (unpaired) electrons. The van der Waals surface area contributed by atoms with Crippen molar-refractivity contribution in [2.45, 2.75) is 30.5 Å². The molecule has 1 atom stereocenters. The molecule has 0 aliphatic rings. The molecule has 0 rings (SSSR count). The largest absolute Gasteiger partial charge is 0.459 e. The van der Waals surface area contributed by atoms with Gasteiger partial charge in [0.05, 0.1) is 12.7 Å². The van der Waals surface area contributed by atoms with Gasteiger partial charge in [-0.3, -0.25) is 4.39 Å². The van der Waals surface area contributed by atoms with E-state index in [-0.39, 0.29) is 0 Å². The maximum absolute atomic E-state index is 12.5. The van der Waals surface area contributed by atoms with Crippen LogP contribution in [0, 0.1) is 0 Å². The van der Waals surface area contributed by atoms with E-state index in [0.29, 0.717) is 0 Å². The minimum atomic E-state index is -6.43. The molecule has 0 aromatic heterocycles. The fourth-order valence-corrected chi connectivity index (χ4v) is 0.721. The number of hydrogen-bond donors (Lipinski definition) is 1. The lowest BCUT2D eigenvalue weighted by Gasteiger charge is -2.31. The zero-order chi connectivity index (χ0) is 12.5. The van der Waals surface area contributed by atoms with E-state index >= 15 is 0 Å². The summed E-state index contributed by atoms with van der Waals surface area (Å²) < 4.78 is 95.6. The second kappa shape index (κ2) is 4.11. The number of alkyl halides is 8. The minimum absolute atomic E-state index is 1.28. The normalized spacial score (nSPS) is 16.6. The van der Waals surface area contributed by atoms with Crippen molar-refractivity contribution in [1.29, 1.82) is 0 Å². The highest BCUT2D eigenvalue weighted by Gasteiger charge is 2.74. The Kier molecular flexibility index (Phi) is 3.94. The van der Waals surface area contributed by atoms with Crippen LogP contribution in [0.2, 0.25) is 0 Å². The van der Waals surface area contributed by atoms with Gasteiger partial charge in [-0.1, -0.05) is 0 Å². The quantitative estimate of drug-likeness (QED) is 0.756. The van der Waals surface area contributed by atoms with Crippen LogP contribution in [0.4, 0.5) is 35.1 Å². The molecule has 0 heterocycles. The molecule has 1 nitrogen and oxygen atoms in total. The topological polar surface area (TPSA) is 26.0 Å². The predicted octanol–water partition coefficient (Wildman–Crippen LogP) is 2.51. The lowest BCUT2D eigenvalue weighted by molar-refractivity contribution is -0.358. The first-order valence-corrected chi connectivity index (χ1v) is 3.62. The Morgan fingerprint density at radius 1 is 0.933 bits per heavy atom. The highest BCUT2D eigenvalue weighted by molar-refractivity contribution is 4.97. The molecule has 0 aliphatic carbocycles. The smallest absolute Gasteiger partial charge is 0.322 e. The maximum atomic E-state index is 12.5. The van der Waals surface area contributed by atoms with E-state index < -0.39 is 37.2 Å². The van der Waals surface area contributed by atoms with Gasteiger partial charge in [0.2, 0.25) is 0 Å². The zero-order valence-electron chi connectivity index (χ0n) is 7.09. The first-order chi connectivity index (χ1) is 6.48. The summed E-state index contributed by atoms with van der Waals surface area (Å²) >= 11 is 0. The van der Waals surface area contributed by atoms with Gasteiger partial charge in [0.15, 0.2) is 0 Å². The summed E-state index contributed by atoms with van der Waals surface area (Å²) in [5, 5.41) is 0. The van der Waals surface area contributed by atoms with Crippen LogP contribution < -0.4 is 5.73 Å². The lowest BCUT2D eigenvalue weighted by atomic mass is 10.0. The van der Waals surface area contributed by atoms with Crippen LogP contribution in [0.3, 0.4) is 0 Å². The van der Waals surface area contributed by atoms with E-state index in [2.05, 4.69) is 5.73 Å². The van der Waals surface area contributed by atoms with Crippen molar-refractivity contribution in [2.75, 3.05) is 6.67 Å². The van der Waals surface area contributed by atoms with Gasteiger partial charge >= 0.3 is 18.0 Å². The van der Waals surface area contributed by atoms with Crippen molar-refractivity contribution >= 4 is 0 Å². The first-order valence-electron chi connectivity index (χ1n) is 3.62. The van der Waals surface area contributed by atoms with Crippen LogP contribution in [0.25, 0.3) is 0 Å². The summed E-state index contributed by atoms with van der Waals surface area (Å²) in [4.78, 5) is 0. The molecule has 0 saturated carbocycles. The van der Waals surface area contributed by atoms with Crippen LogP contribution in [-0.4, -0.2) is 30.7 Å². The molecule has 0 bridgehead atoms. The second-order valence-electron chi connectivity index (χ2n) is 2.78. The van der Waals surface area contributed by atoms with E-state index in [1.54, 1.807) is 0 Å². The molecule has 9 heteroatoms. The summed E-state index contributed by atoms with van der Waals surface area (Å²) in [5.41, 5.74) is 4.37. The van der Waals surface area contributed by atoms with Crippen molar-refractivity contribution in [2.24, 2.45) is 5.73 Å². The second-order valence-corrected chi connectivity index (χ2v) is 2.78. The third kappa shape index (κ3) is 2.50.